The lowest BCUT2D eigenvalue weighted by Gasteiger charge is -2.20. The Kier molecular flexibility index (Phi) is 3.81. The summed E-state index contributed by atoms with van der Waals surface area (Å²) in [5.41, 5.74) is 6.92. The van der Waals surface area contributed by atoms with Crippen LogP contribution in [0.2, 0.25) is 0 Å². The molecule has 2 atom stereocenters. The van der Waals surface area contributed by atoms with Gasteiger partial charge in [0.1, 0.15) is 5.82 Å². The van der Waals surface area contributed by atoms with Crippen LogP contribution in [0.25, 0.3) is 0 Å². The van der Waals surface area contributed by atoms with Crippen molar-refractivity contribution in [2.45, 2.75) is 38.8 Å². The molecule has 2 rings (SSSR count). The minimum Gasteiger partial charge on any atom is -0.384 e. The van der Waals surface area contributed by atoms with Crippen molar-refractivity contribution >= 4 is 11.7 Å². The number of nitrogens with one attached hydrogen (secondary N) is 1. The van der Waals surface area contributed by atoms with Gasteiger partial charge in [0.25, 0.3) is 5.91 Å². The molecule has 0 bridgehead atoms. The van der Waals surface area contributed by atoms with Crippen LogP contribution in [-0.2, 0) is 4.74 Å². The number of nitrogens with two attached hydrogens (primary N) is 1. The largest absolute Gasteiger partial charge is 0.384 e. The van der Waals surface area contributed by atoms with Gasteiger partial charge in [-0.05, 0) is 38.8 Å². The van der Waals surface area contributed by atoms with Crippen LogP contribution in [0.5, 0.6) is 0 Å². The Labute approximate surface area is 107 Å². The molecule has 1 aromatic rings. The topological polar surface area (TPSA) is 77.2 Å². The SMILES string of the molecule is Cc1cc(C(=O)NC(C)C2CCCO2)cc(N)n1. The molecule has 0 aromatic carbocycles. The first kappa shape index (κ1) is 12.8. The van der Waals surface area contributed by atoms with E-state index in [0.717, 1.165) is 25.1 Å². The highest BCUT2D eigenvalue weighted by Gasteiger charge is 2.24. The van der Waals surface area contributed by atoms with E-state index < -0.39 is 0 Å². The summed E-state index contributed by atoms with van der Waals surface area (Å²) >= 11 is 0. The molecular formula is C13H19N3O2. The second-order valence-corrected chi connectivity index (χ2v) is 4.74. The first-order valence-corrected chi connectivity index (χ1v) is 6.23. The molecule has 0 spiro atoms. The van der Waals surface area contributed by atoms with E-state index in [4.69, 9.17) is 10.5 Å². The third-order valence-corrected chi connectivity index (χ3v) is 3.12. The monoisotopic (exact) mass is 249 g/mol. The van der Waals surface area contributed by atoms with E-state index in [0.29, 0.717) is 11.4 Å². The second kappa shape index (κ2) is 5.35. The molecule has 1 aliphatic heterocycles. The van der Waals surface area contributed by atoms with Crippen molar-refractivity contribution in [1.29, 1.82) is 0 Å². The lowest BCUT2D eigenvalue weighted by molar-refractivity contribution is 0.0712. The van der Waals surface area contributed by atoms with Crippen molar-refractivity contribution in [2.75, 3.05) is 12.3 Å². The van der Waals surface area contributed by atoms with E-state index in [1.807, 2.05) is 13.8 Å². The summed E-state index contributed by atoms with van der Waals surface area (Å²) in [6.07, 6.45) is 2.18. The van der Waals surface area contributed by atoms with E-state index in [1.165, 1.54) is 0 Å². The minimum atomic E-state index is -0.129. The van der Waals surface area contributed by atoms with Crippen molar-refractivity contribution < 1.29 is 9.53 Å². The molecule has 5 heteroatoms. The zero-order chi connectivity index (χ0) is 13.1. The number of carbonyl (C=O) groups is 1. The molecule has 1 fully saturated rings. The standard InChI is InChI=1S/C13H19N3O2/c1-8-6-10(7-12(14)15-8)13(17)16-9(2)11-4-3-5-18-11/h6-7,9,11H,3-5H2,1-2H3,(H2,14,15)(H,16,17). The fraction of sp³-hybridized carbons (Fsp3) is 0.538. The number of nitrogen functional groups attached to an aromatic ring is 1. The Morgan fingerprint density at radius 2 is 2.39 bits per heavy atom. The Morgan fingerprint density at radius 3 is 3.00 bits per heavy atom. The van der Waals surface area contributed by atoms with Gasteiger partial charge in [-0.2, -0.15) is 0 Å². The van der Waals surface area contributed by atoms with Gasteiger partial charge in [-0.25, -0.2) is 4.98 Å². The molecule has 2 heterocycles. The molecule has 1 aliphatic rings. The predicted molar refractivity (Wildman–Crippen MR) is 69.3 cm³/mol. The van der Waals surface area contributed by atoms with Crippen molar-refractivity contribution in [1.82, 2.24) is 10.3 Å². The van der Waals surface area contributed by atoms with E-state index in [9.17, 15) is 4.79 Å². The molecule has 0 aliphatic carbocycles. The highest BCUT2D eigenvalue weighted by Crippen LogP contribution is 2.16. The lowest BCUT2D eigenvalue weighted by Crippen LogP contribution is -2.40. The summed E-state index contributed by atoms with van der Waals surface area (Å²) in [5, 5.41) is 2.95. The first-order valence-electron chi connectivity index (χ1n) is 6.23. The van der Waals surface area contributed by atoms with E-state index in [1.54, 1.807) is 12.1 Å². The lowest BCUT2D eigenvalue weighted by atomic mass is 10.1. The summed E-state index contributed by atoms with van der Waals surface area (Å²) in [7, 11) is 0. The molecule has 0 saturated carbocycles. The third kappa shape index (κ3) is 2.98. The number of hydrogen-bond acceptors (Lipinski definition) is 4. The highest BCUT2D eigenvalue weighted by atomic mass is 16.5. The van der Waals surface area contributed by atoms with E-state index >= 15 is 0 Å². The smallest absolute Gasteiger partial charge is 0.251 e. The second-order valence-electron chi connectivity index (χ2n) is 4.74. The number of aryl methyl sites for hydroxylation is 1. The molecule has 18 heavy (non-hydrogen) atoms. The van der Waals surface area contributed by atoms with Crippen LogP contribution in [0, 0.1) is 6.92 Å². The predicted octanol–water partition coefficient (Wildman–Crippen LogP) is 1.27. The fourth-order valence-corrected chi connectivity index (χ4v) is 2.21. The van der Waals surface area contributed by atoms with Crippen LogP contribution < -0.4 is 11.1 Å². The van der Waals surface area contributed by atoms with Crippen molar-refractivity contribution in [3.63, 3.8) is 0 Å². The van der Waals surface area contributed by atoms with Crippen LogP contribution in [0.1, 0.15) is 35.8 Å². The number of nitrogens with zero attached hydrogens (tertiary/aromatic N) is 1. The summed E-state index contributed by atoms with van der Waals surface area (Å²) in [4.78, 5) is 16.1. The Bertz CT molecular complexity index is 422. The summed E-state index contributed by atoms with van der Waals surface area (Å²) in [6, 6.07) is 3.33. The van der Waals surface area contributed by atoms with Gasteiger partial charge < -0.3 is 15.8 Å². The number of amides is 1. The average Bonchev–Trinajstić information content (AvgIpc) is 2.80. The maximum Gasteiger partial charge on any atom is 0.251 e. The fourth-order valence-electron chi connectivity index (χ4n) is 2.21. The van der Waals surface area contributed by atoms with E-state index in [2.05, 4.69) is 10.3 Å². The van der Waals surface area contributed by atoms with Gasteiger partial charge in [0, 0.05) is 17.9 Å². The number of ether oxygens (including phenoxy) is 1. The van der Waals surface area contributed by atoms with Gasteiger partial charge in [-0.1, -0.05) is 0 Å². The van der Waals surface area contributed by atoms with Gasteiger partial charge in [0.05, 0.1) is 12.1 Å². The molecule has 98 valence electrons. The number of rotatable bonds is 3. The average molecular weight is 249 g/mol. The molecular weight excluding hydrogens is 230 g/mol. The van der Waals surface area contributed by atoms with Crippen LogP contribution in [0.3, 0.4) is 0 Å². The van der Waals surface area contributed by atoms with Crippen LogP contribution in [0.4, 0.5) is 5.82 Å². The molecule has 1 saturated heterocycles. The Balaban J connectivity index is 2.02. The Morgan fingerprint density at radius 1 is 1.61 bits per heavy atom. The number of aromatic nitrogens is 1. The third-order valence-electron chi connectivity index (χ3n) is 3.12. The molecule has 5 nitrogen and oxygen atoms in total. The van der Waals surface area contributed by atoms with Gasteiger partial charge in [0.15, 0.2) is 0 Å². The van der Waals surface area contributed by atoms with Crippen molar-refractivity contribution in [2.24, 2.45) is 0 Å². The van der Waals surface area contributed by atoms with Crippen LogP contribution in [0.15, 0.2) is 12.1 Å². The maximum absolute atomic E-state index is 12.1. The number of hydrogen-bond donors (Lipinski definition) is 2. The van der Waals surface area contributed by atoms with Crippen molar-refractivity contribution in [3.05, 3.63) is 23.4 Å². The van der Waals surface area contributed by atoms with Gasteiger partial charge in [0.2, 0.25) is 0 Å². The van der Waals surface area contributed by atoms with Gasteiger partial charge in [-0.15, -0.1) is 0 Å². The first-order chi connectivity index (χ1) is 8.56. The zero-order valence-electron chi connectivity index (χ0n) is 10.8. The molecule has 3 N–H and O–H groups in total. The Hall–Kier alpha value is -1.62. The summed E-state index contributed by atoms with van der Waals surface area (Å²) in [5.74, 6) is 0.236. The van der Waals surface area contributed by atoms with Crippen LogP contribution in [-0.4, -0.2) is 29.6 Å². The zero-order valence-corrected chi connectivity index (χ0v) is 10.8. The summed E-state index contributed by atoms with van der Waals surface area (Å²) in [6.45, 7) is 4.56. The molecule has 1 aromatic heterocycles. The normalized spacial score (nSPS) is 20.7. The number of anilines is 1. The van der Waals surface area contributed by atoms with Crippen molar-refractivity contribution in [3.8, 4) is 0 Å². The van der Waals surface area contributed by atoms with E-state index in [-0.39, 0.29) is 18.1 Å². The summed E-state index contributed by atoms with van der Waals surface area (Å²) < 4.78 is 5.55. The highest BCUT2D eigenvalue weighted by molar-refractivity contribution is 5.95. The maximum atomic E-state index is 12.1. The van der Waals surface area contributed by atoms with Gasteiger partial charge >= 0.3 is 0 Å². The minimum absolute atomic E-state index is 0.00898. The molecule has 2 unspecified atom stereocenters. The van der Waals surface area contributed by atoms with Gasteiger partial charge in [-0.3, -0.25) is 4.79 Å². The number of carbonyl (C=O) groups excluding carboxylic acids is 1. The van der Waals surface area contributed by atoms with Crippen LogP contribution >= 0.6 is 0 Å². The molecule has 0 radical (unpaired) electrons. The number of pyridine rings is 1. The molecule has 1 amide bonds. The quantitative estimate of drug-likeness (QED) is 0.845.